The van der Waals surface area contributed by atoms with Crippen LogP contribution in [0.3, 0.4) is 0 Å². The first kappa shape index (κ1) is 31.0. The highest BCUT2D eigenvalue weighted by Crippen LogP contribution is 2.61. The Morgan fingerprint density at radius 2 is 1.76 bits per heavy atom. The summed E-state index contributed by atoms with van der Waals surface area (Å²) in [5.74, 6) is 2.21. The van der Waals surface area contributed by atoms with E-state index in [1.54, 1.807) is 0 Å². The zero-order valence-corrected chi connectivity index (χ0v) is 26.0. The van der Waals surface area contributed by atoms with Gasteiger partial charge in [-0.25, -0.2) is 4.79 Å². The van der Waals surface area contributed by atoms with Crippen LogP contribution in [0.5, 0.6) is 5.75 Å². The molecule has 6 nitrogen and oxygen atoms in total. The molecule has 42 heavy (non-hydrogen) atoms. The SMILES string of the molecule is CC12CCC3c4ccc(O)cc4CCC3C1CCC2OC(=O)COC(=O)CCCc1ccc(N(CCCl)CCCl)cc1. The summed E-state index contributed by atoms with van der Waals surface area (Å²) in [6, 6.07) is 14.1. The molecule has 5 rings (SSSR count). The molecule has 3 aliphatic carbocycles. The van der Waals surface area contributed by atoms with Crippen molar-refractivity contribution in [1.82, 2.24) is 0 Å². The van der Waals surface area contributed by atoms with Crippen LogP contribution in [0, 0.1) is 17.3 Å². The predicted octanol–water partition coefficient (Wildman–Crippen LogP) is 7.01. The van der Waals surface area contributed by atoms with E-state index in [1.165, 1.54) is 11.1 Å². The van der Waals surface area contributed by atoms with Crippen molar-refractivity contribution < 1.29 is 24.2 Å². The van der Waals surface area contributed by atoms with E-state index < -0.39 is 5.97 Å². The molecule has 0 bridgehead atoms. The van der Waals surface area contributed by atoms with E-state index in [-0.39, 0.29) is 30.5 Å². The smallest absolute Gasteiger partial charge is 0.344 e. The number of aromatic hydroxyl groups is 1. The fraction of sp³-hybridized carbons (Fsp3) is 0.588. The van der Waals surface area contributed by atoms with Gasteiger partial charge in [0.1, 0.15) is 11.9 Å². The van der Waals surface area contributed by atoms with E-state index in [9.17, 15) is 14.7 Å². The van der Waals surface area contributed by atoms with Gasteiger partial charge in [-0.2, -0.15) is 0 Å². The van der Waals surface area contributed by atoms with Crippen molar-refractivity contribution in [2.24, 2.45) is 17.3 Å². The minimum absolute atomic E-state index is 0.0459. The maximum atomic E-state index is 12.7. The maximum Gasteiger partial charge on any atom is 0.344 e. The van der Waals surface area contributed by atoms with E-state index in [0.717, 1.165) is 69.3 Å². The van der Waals surface area contributed by atoms with Gasteiger partial charge >= 0.3 is 11.9 Å². The lowest BCUT2D eigenvalue weighted by Crippen LogP contribution is -2.45. The molecule has 0 amide bonds. The number of anilines is 1. The molecule has 0 saturated heterocycles. The van der Waals surface area contributed by atoms with E-state index >= 15 is 0 Å². The van der Waals surface area contributed by atoms with Crippen molar-refractivity contribution in [3.63, 3.8) is 0 Å². The standard InChI is InChI=1S/C34H43Cl2NO5/c1-34-16-15-28-27-12-10-26(38)21-24(27)7-11-29(28)30(34)13-14-31(34)42-33(40)22-41-32(39)4-2-3-23-5-8-25(9-6-23)37(19-17-35)20-18-36/h5-6,8-10,12,21,28-31,38H,2-4,7,11,13-20,22H2,1H3. The second-order valence-corrected chi connectivity index (χ2v) is 13.2. The molecule has 5 atom stereocenters. The molecule has 2 fully saturated rings. The van der Waals surface area contributed by atoms with Crippen LogP contribution in [0.2, 0.25) is 0 Å². The van der Waals surface area contributed by atoms with Crippen LogP contribution in [-0.4, -0.2) is 54.6 Å². The summed E-state index contributed by atoms with van der Waals surface area (Å²) in [6.07, 6.45) is 7.62. The number of carbonyl (C=O) groups is 2. The highest BCUT2D eigenvalue weighted by Gasteiger charge is 2.56. The minimum Gasteiger partial charge on any atom is -0.508 e. The molecule has 0 aliphatic heterocycles. The van der Waals surface area contributed by atoms with E-state index in [0.29, 0.717) is 41.7 Å². The number of benzene rings is 2. The Bertz CT molecular complexity index is 1230. The van der Waals surface area contributed by atoms with Gasteiger partial charge in [0.25, 0.3) is 0 Å². The normalized spacial score (nSPS) is 26.1. The molecule has 8 heteroatoms. The molecule has 3 aliphatic rings. The molecule has 5 unspecified atom stereocenters. The van der Waals surface area contributed by atoms with Gasteiger partial charge in [-0.05, 0) is 110 Å². The third-order valence-corrected chi connectivity index (χ3v) is 10.4. The number of phenols is 1. The molecule has 0 radical (unpaired) electrons. The number of esters is 2. The molecular weight excluding hydrogens is 573 g/mol. The predicted molar refractivity (Wildman–Crippen MR) is 167 cm³/mol. The van der Waals surface area contributed by atoms with Crippen molar-refractivity contribution >= 4 is 40.8 Å². The van der Waals surface area contributed by atoms with E-state index in [4.69, 9.17) is 32.7 Å². The van der Waals surface area contributed by atoms with Crippen LogP contribution in [0.25, 0.3) is 0 Å². The van der Waals surface area contributed by atoms with Gasteiger partial charge in [0, 0.05) is 42.4 Å². The number of alkyl halides is 2. The number of carbonyl (C=O) groups excluding carboxylic acids is 2. The molecule has 2 aromatic rings. The van der Waals surface area contributed by atoms with Gasteiger partial charge < -0.3 is 19.5 Å². The number of hydrogen-bond acceptors (Lipinski definition) is 6. The van der Waals surface area contributed by atoms with Crippen molar-refractivity contribution in [2.45, 2.75) is 76.7 Å². The summed E-state index contributed by atoms with van der Waals surface area (Å²) in [6.45, 7) is 3.44. The number of fused-ring (bicyclic) bond motifs is 5. The van der Waals surface area contributed by atoms with Gasteiger partial charge in [0.05, 0.1) is 0 Å². The Kier molecular flexibility index (Phi) is 10.3. The van der Waals surface area contributed by atoms with Crippen LogP contribution in [0.15, 0.2) is 42.5 Å². The summed E-state index contributed by atoms with van der Waals surface area (Å²) in [5.41, 5.74) is 4.86. The van der Waals surface area contributed by atoms with Gasteiger partial charge in [0.15, 0.2) is 6.61 Å². The van der Waals surface area contributed by atoms with Crippen molar-refractivity contribution in [3.8, 4) is 5.75 Å². The Morgan fingerprint density at radius 3 is 2.50 bits per heavy atom. The summed E-state index contributed by atoms with van der Waals surface area (Å²) in [4.78, 5) is 27.2. The lowest BCUT2D eigenvalue weighted by Gasteiger charge is -2.50. The first-order valence-corrected chi connectivity index (χ1v) is 16.5. The monoisotopic (exact) mass is 615 g/mol. The zero-order chi connectivity index (χ0) is 29.7. The van der Waals surface area contributed by atoms with E-state index in [2.05, 4.69) is 42.2 Å². The average molecular weight is 617 g/mol. The fourth-order valence-electron chi connectivity index (χ4n) is 8.00. The average Bonchev–Trinajstić information content (AvgIpc) is 3.31. The largest absolute Gasteiger partial charge is 0.508 e. The molecule has 2 saturated carbocycles. The highest BCUT2D eigenvalue weighted by atomic mass is 35.5. The topological polar surface area (TPSA) is 76.1 Å². The zero-order valence-electron chi connectivity index (χ0n) is 24.5. The summed E-state index contributed by atoms with van der Waals surface area (Å²) >= 11 is 11.8. The Morgan fingerprint density at radius 1 is 1.00 bits per heavy atom. The summed E-state index contributed by atoms with van der Waals surface area (Å²) in [5, 5.41) is 9.93. The van der Waals surface area contributed by atoms with Crippen LogP contribution in [-0.2, 0) is 31.9 Å². The van der Waals surface area contributed by atoms with Crippen LogP contribution >= 0.6 is 23.2 Å². The number of halogens is 2. The van der Waals surface area contributed by atoms with Crippen molar-refractivity contribution in [1.29, 1.82) is 0 Å². The molecule has 2 aromatic carbocycles. The Hall–Kier alpha value is -2.44. The Labute approximate surface area is 259 Å². The first-order valence-electron chi connectivity index (χ1n) is 15.4. The highest BCUT2D eigenvalue weighted by molar-refractivity contribution is 6.18. The Balaban J connectivity index is 1.05. The lowest BCUT2D eigenvalue weighted by atomic mass is 9.55. The van der Waals surface area contributed by atoms with Crippen LogP contribution in [0.4, 0.5) is 5.69 Å². The second kappa shape index (κ2) is 13.9. The summed E-state index contributed by atoms with van der Waals surface area (Å²) < 4.78 is 11.3. The maximum absolute atomic E-state index is 12.7. The first-order chi connectivity index (χ1) is 20.3. The quantitative estimate of drug-likeness (QED) is 0.204. The molecule has 1 N–H and O–H groups in total. The molecular formula is C34H43Cl2NO5. The summed E-state index contributed by atoms with van der Waals surface area (Å²) in [7, 11) is 0. The van der Waals surface area contributed by atoms with Gasteiger partial charge in [0.2, 0.25) is 0 Å². The number of phenolic OH excluding ortho intramolecular Hbond substituents is 1. The number of nitrogens with zero attached hydrogens (tertiary/aromatic N) is 1. The van der Waals surface area contributed by atoms with Gasteiger partial charge in [-0.1, -0.05) is 25.1 Å². The minimum atomic E-state index is -0.448. The van der Waals surface area contributed by atoms with Crippen molar-refractivity contribution in [2.75, 3.05) is 36.4 Å². The van der Waals surface area contributed by atoms with Crippen LogP contribution < -0.4 is 4.90 Å². The van der Waals surface area contributed by atoms with Gasteiger partial charge in [-0.3, -0.25) is 4.79 Å². The third kappa shape index (κ3) is 6.86. The van der Waals surface area contributed by atoms with Crippen LogP contribution in [0.1, 0.15) is 74.5 Å². The third-order valence-electron chi connectivity index (χ3n) is 10.1. The fourth-order valence-corrected chi connectivity index (χ4v) is 8.41. The van der Waals surface area contributed by atoms with Crippen molar-refractivity contribution in [3.05, 3.63) is 59.2 Å². The number of rotatable bonds is 12. The molecule has 0 spiro atoms. The second-order valence-electron chi connectivity index (χ2n) is 12.4. The van der Waals surface area contributed by atoms with Gasteiger partial charge in [-0.15, -0.1) is 23.2 Å². The molecule has 0 heterocycles. The number of aryl methyl sites for hydroxylation is 2. The molecule has 228 valence electrons. The lowest BCUT2D eigenvalue weighted by molar-refractivity contribution is -0.168. The number of ether oxygens (including phenoxy) is 2. The molecule has 0 aromatic heterocycles. The number of hydrogen-bond donors (Lipinski definition) is 1. The van der Waals surface area contributed by atoms with E-state index in [1.807, 2.05) is 12.1 Å².